The molecule has 6 heteroatoms. The van der Waals surface area contributed by atoms with Crippen LogP contribution in [0.15, 0.2) is 30.6 Å². The van der Waals surface area contributed by atoms with Gasteiger partial charge in [-0.1, -0.05) is 38.1 Å². The van der Waals surface area contributed by atoms with E-state index in [9.17, 15) is 9.59 Å². The van der Waals surface area contributed by atoms with Crippen LogP contribution in [0.2, 0.25) is 0 Å². The number of carbonyl (C=O) groups is 2. The van der Waals surface area contributed by atoms with Crippen LogP contribution >= 0.6 is 0 Å². The van der Waals surface area contributed by atoms with Crippen LogP contribution in [-0.2, 0) is 41.8 Å². The number of aromatic nitrogens is 2. The van der Waals surface area contributed by atoms with Gasteiger partial charge in [0.15, 0.2) is 0 Å². The van der Waals surface area contributed by atoms with Gasteiger partial charge in [0.1, 0.15) is 12.1 Å². The number of benzene rings is 1. The number of fused-ring (bicyclic) bond motifs is 2. The van der Waals surface area contributed by atoms with E-state index in [1.165, 1.54) is 29.7 Å². The molecule has 0 unspecified atom stereocenters. The van der Waals surface area contributed by atoms with Crippen LogP contribution in [0.25, 0.3) is 0 Å². The van der Waals surface area contributed by atoms with Gasteiger partial charge in [-0.25, -0.2) is 4.98 Å². The van der Waals surface area contributed by atoms with Crippen molar-refractivity contribution in [1.29, 1.82) is 0 Å². The maximum atomic E-state index is 13.7. The predicted molar refractivity (Wildman–Crippen MR) is 123 cm³/mol. The van der Waals surface area contributed by atoms with Gasteiger partial charge in [-0.15, -0.1) is 0 Å². The predicted octanol–water partition coefficient (Wildman–Crippen LogP) is 2.92. The van der Waals surface area contributed by atoms with Crippen molar-refractivity contribution in [3.8, 4) is 0 Å². The smallest absolute Gasteiger partial charge is 0.246 e. The fourth-order valence-corrected chi connectivity index (χ4v) is 5.82. The first-order chi connectivity index (χ1) is 15.5. The quantitative estimate of drug-likeness (QED) is 0.760. The van der Waals surface area contributed by atoms with Crippen molar-refractivity contribution in [3.63, 3.8) is 0 Å². The third-order valence-corrected chi connectivity index (χ3v) is 7.46. The van der Waals surface area contributed by atoms with Crippen molar-refractivity contribution in [2.45, 2.75) is 77.4 Å². The highest BCUT2D eigenvalue weighted by molar-refractivity contribution is 5.97. The van der Waals surface area contributed by atoms with E-state index in [-0.39, 0.29) is 23.8 Å². The Morgan fingerprint density at radius 3 is 2.59 bits per heavy atom. The van der Waals surface area contributed by atoms with Gasteiger partial charge in [-0.2, -0.15) is 0 Å². The average Bonchev–Trinajstić information content (AvgIpc) is 3.39. The van der Waals surface area contributed by atoms with Gasteiger partial charge in [0.05, 0.1) is 12.0 Å². The van der Waals surface area contributed by atoms with E-state index in [1.54, 1.807) is 0 Å². The molecule has 2 aromatic rings. The van der Waals surface area contributed by atoms with Crippen LogP contribution in [0.4, 0.5) is 0 Å². The van der Waals surface area contributed by atoms with E-state index < -0.39 is 6.04 Å². The molecule has 3 aliphatic rings. The molecule has 32 heavy (non-hydrogen) atoms. The molecule has 1 fully saturated rings. The minimum Gasteiger partial charge on any atom is -0.342 e. The fraction of sp³-hybridized carbons (Fsp3) is 0.577. The first-order valence-electron chi connectivity index (χ1n) is 12.2. The molecule has 170 valence electrons. The van der Waals surface area contributed by atoms with Crippen LogP contribution in [0, 0.1) is 11.8 Å². The zero-order chi connectivity index (χ0) is 22.2. The Labute approximate surface area is 190 Å². The van der Waals surface area contributed by atoms with Crippen LogP contribution in [-0.4, -0.2) is 44.9 Å². The molecule has 0 bridgehead atoms. The standard InChI is InChI=1S/C26H34N4O2/c1-17(2)13-23-25(31)28-24(20-14-18-7-3-4-8-19(18)15-20)26(32)30(23)12-10-21-22-9-5-6-11-29(22)16-27-21/h3-4,7-8,16-17,20,23-24H,5-6,9-15H2,1-2H3,(H,28,31)/t23-,24-/m1/s1. The molecule has 6 nitrogen and oxygen atoms in total. The number of carbonyl (C=O) groups excluding carboxylic acids is 2. The van der Waals surface area contributed by atoms with Crippen molar-refractivity contribution in [2.24, 2.45) is 11.8 Å². The molecule has 0 saturated carbocycles. The number of hydrogen-bond acceptors (Lipinski definition) is 3. The van der Waals surface area contributed by atoms with E-state index in [0.717, 1.165) is 31.5 Å². The Hall–Kier alpha value is -2.63. The van der Waals surface area contributed by atoms with Gasteiger partial charge < -0.3 is 14.8 Å². The Bertz CT molecular complexity index is 986. The summed E-state index contributed by atoms with van der Waals surface area (Å²) in [6.45, 7) is 5.82. The molecule has 1 N–H and O–H groups in total. The second-order valence-electron chi connectivity index (χ2n) is 10.1. The second-order valence-corrected chi connectivity index (χ2v) is 10.1. The highest BCUT2D eigenvalue weighted by atomic mass is 16.2. The SMILES string of the molecule is CC(C)C[C@@H]1C(=O)N[C@H](C2Cc3ccccc3C2)C(=O)N1CCc1ncn2c1CCCC2. The highest BCUT2D eigenvalue weighted by Gasteiger charge is 2.45. The van der Waals surface area contributed by atoms with E-state index in [0.29, 0.717) is 25.3 Å². The molecule has 1 aromatic heterocycles. The fourth-order valence-electron chi connectivity index (χ4n) is 5.82. The Kier molecular flexibility index (Phi) is 5.78. The van der Waals surface area contributed by atoms with Gasteiger partial charge in [0.25, 0.3) is 0 Å². The van der Waals surface area contributed by atoms with Crippen molar-refractivity contribution < 1.29 is 9.59 Å². The summed E-state index contributed by atoms with van der Waals surface area (Å²) in [4.78, 5) is 33.5. The first-order valence-corrected chi connectivity index (χ1v) is 12.2. The van der Waals surface area contributed by atoms with E-state index in [2.05, 4.69) is 53.0 Å². The molecule has 1 saturated heterocycles. The maximum Gasteiger partial charge on any atom is 0.246 e. The molecule has 2 amide bonds. The van der Waals surface area contributed by atoms with E-state index in [4.69, 9.17) is 0 Å². The number of aryl methyl sites for hydroxylation is 1. The minimum absolute atomic E-state index is 0.00567. The summed E-state index contributed by atoms with van der Waals surface area (Å²) in [6, 6.07) is 7.57. The summed E-state index contributed by atoms with van der Waals surface area (Å²) < 4.78 is 2.26. The van der Waals surface area contributed by atoms with Gasteiger partial charge in [-0.3, -0.25) is 9.59 Å². The summed E-state index contributed by atoms with van der Waals surface area (Å²) in [7, 11) is 0. The molecule has 1 aliphatic carbocycles. The Morgan fingerprint density at radius 2 is 1.88 bits per heavy atom. The van der Waals surface area contributed by atoms with Crippen LogP contribution in [0.5, 0.6) is 0 Å². The lowest BCUT2D eigenvalue weighted by Gasteiger charge is -2.41. The summed E-state index contributed by atoms with van der Waals surface area (Å²) in [6.07, 6.45) is 8.51. The molecule has 1 aromatic carbocycles. The normalized spacial score (nSPS) is 23.4. The van der Waals surface area contributed by atoms with Crippen LogP contribution in [0.3, 0.4) is 0 Å². The molecule has 0 radical (unpaired) electrons. The molecular weight excluding hydrogens is 400 g/mol. The monoisotopic (exact) mass is 434 g/mol. The largest absolute Gasteiger partial charge is 0.342 e. The number of rotatable bonds is 6. The first kappa shape index (κ1) is 21.2. The van der Waals surface area contributed by atoms with Gasteiger partial charge >= 0.3 is 0 Å². The van der Waals surface area contributed by atoms with Crippen molar-refractivity contribution in [2.75, 3.05) is 6.54 Å². The number of nitrogens with one attached hydrogen (secondary N) is 1. The van der Waals surface area contributed by atoms with Gasteiger partial charge in [0.2, 0.25) is 11.8 Å². The number of amides is 2. The molecule has 3 heterocycles. The second kappa shape index (κ2) is 8.72. The van der Waals surface area contributed by atoms with E-state index >= 15 is 0 Å². The van der Waals surface area contributed by atoms with E-state index in [1.807, 2.05) is 11.2 Å². The van der Waals surface area contributed by atoms with Crippen LogP contribution < -0.4 is 5.32 Å². The Balaban J connectivity index is 1.35. The number of nitrogens with zero attached hydrogens (tertiary/aromatic N) is 3. The summed E-state index contributed by atoms with van der Waals surface area (Å²) in [5.74, 6) is 0.563. The average molecular weight is 435 g/mol. The Morgan fingerprint density at radius 1 is 1.12 bits per heavy atom. The number of piperazine rings is 1. The van der Waals surface area contributed by atoms with Crippen molar-refractivity contribution in [1.82, 2.24) is 19.8 Å². The number of hydrogen-bond donors (Lipinski definition) is 1. The highest BCUT2D eigenvalue weighted by Crippen LogP contribution is 2.32. The third kappa shape index (κ3) is 3.96. The van der Waals surface area contributed by atoms with Crippen LogP contribution in [0.1, 0.15) is 55.6 Å². The lowest BCUT2D eigenvalue weighted by atomic mass is 9.90. The zero-order valence-corrected chi connectivity index (χ0v) is 19.2. The molecule has 0 spiro atoms. The maximum absolute atomic E-state index is 13.7. The summed E-state index contributed by atoms with van der Waals surface area (Å²) in [5, 5.41) is 3.12. The minimum atomic E-state index is -0.436. The van der Waals surface area contributed by atoms with Gasteiger partial charge in [-0.05, 0) is 61.5 Å². The third-order valence-electron chi connectivity index (χ3n) is 7.46. The zero-order valence-electron chi connectivity index (χ0n) is 19.2. The summed E-state index contributed by atoms with van der Waals surface area (Å²) >= 11 is 0. The lowest BCUT2D eigenvalue weighted by Crippen LogP contribution is -2.65. The molecule has 5 rings (SSSR count). The van der Waals surface area contributed by atoms with Crippen molar-refractivity contribution in [3.05, 3.63) is 53.1 Å². The molecule has 2 atom stereocenters. The number of imidazole rings is 1. The van der Waals surface area contributed by atoms with Gasteiger partial charge in [0, 0.05) is 25.2 Å². The summed E-state index contributed by atoms with van der Waals surface area (Å²) in [5.41, 5.74) is 5.02. The molecular formula is C26H34N4O2. The topological polar surface area (TPSA) is 67.2 Å². The lowest BCUT2D eigenvalue weighted by molar-refractivity contribution is -0.151. The van der Waals surface area contributed by atoms with Crippen molar-refractivity contribution >= 4 is 11.8 Å². The molecule has 2 aliphatic heterocycles.